The van der Waals surface area contributed by atoms with Crippen LogP contribution >= 0.6 is 0 Å². The quantitative estimate of drug-likeness (QED) is 0.599. The Morgan fingerprint density at radius 2 is 1.93 bits per heavy atom. The molecule has 3 aromatic rings. The van der Waals surface area contributed by atoms with Gasteiger partial charge in [-0.25, -0.2) is 9.97 Å². The first kappa shape index (κ1) is 20.4. The number of rotatable bonds is 5. The fraction of sp³-hybridized carbons (Fsp3) is 0.250. The number of aryl methyl sites for hydroxylation is 1. The fourth-order valence-electron chi connectivity index (χ4n) is 3.04. The number of anilines is 1. The molecule has 0 aliphatic heterocycles. The molecule has 0 unspecified atom stereocenters. The number of alkyl halides is 3. The molecule has 0 atom stereocenters. The summed E-state index contributed by atoms with van der Waals surface area (Å²) in [5, 5.41) is 5.36. The van der Waals surface area contributed by atoms with Crippen molar-refractivity contribution in [2.45, 2.75) is 19.5 Å². The zero-order valence-corrected chi connectivity index (χ0v) is 16.1. The average Bonchev–Trinajstić information content (AvgIpc) is 3.17. The molecule has 0 aliphatic rings. The van der Waals surface area contributed by atoms with Gasteiger partial charge in [0, 0.05) is 25.9 Å². The smallest absolute Gasteiger partial charge is 0.357 e. The molecule has 152 valence electrons. The maximum Gasteiger partial charge on any atom is 0.416 e. The van der Waals surface area contributed by atoms with E-state index in [1.165, 1.54) is 13.1 Å². The summed E-state index contributed by atoms with van der Waals surface area (Å²) in [7, 11) is 3.14. The molecule has 0 spiro atoms. The number of carbonyl (C=O) groups is 1. The number of benzene rings is 1. The van der Waals surface area contributed by atoms with Crippen LogP contribution in [0.25, 0.3) is 22.6 Å². The lowest BCUT2D eigenvalue weighted by Crippen LogP contribution is -2.18. The van der Waals surface area contributed by atoms with Gasteiger partial charge in [0.15, 0.2) is 0 Å². The molecule has 1 aromatic carbocycles. The number of amides is 1. The topological polar surface area (TPSA) is 82.7 Å². The van der Waals surface area contributed by atoms with Crippen molar-refractivity contribution >= 4 is 11.9 Å². The largest absolute Gasteiger partial charge is 0.416 e. The van der Waals surface area contributed by atoms with Gasteiger partial charge in [0.05, 0.1) is 28.2 Å². The molecule has 2 aromatic heterocycles. The standard InChI is InChI=1S/C20H20F3N5O/c1-4-11-5-6-12(20(21,22)23)9-13(11)17-14(18(29)24-2)10-16(27-17)15-7-8-26-19(25-3)28-15/h5-10,27H,4H2,1-3H3,(H,24,29)(H,25,26,28). The lowest BCUT2D eigenvalue weighted by molar-refractivity contribution is -0.137. The average molecular weight is 403 g/mol. The first-order chi connectivity index (χ1) is 13.8. The van der Waals surface area contributed by atoms with Crippen molar-refractivity contribution in [3.05, 3.63) is 53.2 Å². The van der Waals surface area contributed by atoms with Crippen LogP contribution in [-0.4, -0.2) is 35.0 Å². The maximum atomic E-state index is 13.3. The summed E-state index contributed by atoms with van der Waals surface area (Å²) in [6, 6.07) is 6.79. The minimum Gasteiger partial charge on any atom is -0.357 e. The fourth-order valence-corrected chi connectivity index (χ4v) is 3.04. The van der Waals surface area contributed by atoms with E-state index in [4.69, 9.17) is 0 Å². The Hall–Kier alpha value is -3.36. The second-order valence-corrected chi connectivity index (χ2v) is 6.29. The molecule has 3 N–H and O–H groups in total. The number of halogens is 3. The van der Waals surface area contributed by atoms with Crippen molar-refractivity contribution in [2.75, 3.05) is 19.4 Å². The van der Waals surface area contributed by atoms with Gasteiger partial charge < -0.3 is 15.6 Å². The van der Waals surface area contributed by atoms with E-state index in [9.17, 15) is 18.0 Å². The predicted octanol–water partition coefficient (Wildman–Crippen LogP) is 4.12. The van der Waals surface area contributed by atoms with Crippen molar-refractivity contribution in [1.82, 2.24) is 20.3 Å². The molecule has 6 nitrogen and oxygen atoms in total. The molecule has 0 saturated carbocycles. The molecule has 2 heterocycles. The Morgan fingerprint density at radius 3 is 2.55 bits per heavy atom. The molecular formula is C20H20F3N5O. The molecule has 0 fully saturated rings. The number of hydrogen-bond acceptors (Lipinski definition) is 4. The number of nitrogens with zero attached hydrogens (tertiary/aromatic N) is 2. The number of carbonyl (C=O) groups excluding carboxylic acids is 1. The number of aromatic amines is 1. The number of nitrogens with one attached hydrogen (secondary N) is 3. The van der Waals surface area contributed by atoms with Crippen LogP contribution in [0.1, 0.15) is 28.4 Å². The normalized spacial score (nSPS) is 11.4. The molecule has 0 aliphatic carbocycles. The predicted molar refractivity (Wildman–Crippen MR) is 105 cm³/mol. The van der Waals surface area contributed by atoms with Gasteiger partial charge in [0.2, 0.25) is 5.95 Å². The van der Waals surface area contributed by atoms with Gasteiger partial charge in [0.25, 0.3) is 5.91 Å². The molecule has 29 heavy (non-hydrogen) atoms. The molecule has 0 radical (unpaired) electrons. The minimum atomic E-state index is -4.49. The molecule has 0 saturated heterocycles. The second-order valence-electron chi connectivity index (χ2n) is 6.29. The van der Waals surface area contributed by atoms with Gasteiger partial charge in [-0.3, -0.25) is 4.79 Å². The van der Waals surface area contributed by atoms with Crippen LogP contribution in [0, 0.1) is 0 Å². The van der Waals surface area contributed by atoms with Gasteiger partial charge in [-0.15, -0.1) is 0 Å². The number of aromatic nitrogens is 3. The van der Waals surface area contributed by atoms with Crippen LogP contribution in [0.2, 0.25) is 0 Å². The van der Waals surface area contributed by atoms with E-state index in [0.717, 1.165) is 12.1 Å². The SMILES string of the molecule is CCc1ccc(C(F)(F)F)cc1-c1[nH]c(-c2ccnc(NC)n2)cc1C(=O)NC. The third-order valence-corrected chi connectivity index (χ3v) is 4.53. The molecular weight excluding hydrogens is 383 g/mol. The minimum absolute atomic E-state index is 0.237. The Morgan fingerprint density at radius 1 is 1.17 bits per heavy atom. The van der Waals surface area contributed by atoms with Crippen molar-refractivity contribution in [3.8, 4) is 22.6 Å². The Labute approximate surface area is 165 Å². The van der Waals surface area contributed by atoms with E-state index < -0.39 is 17.6 Å². The lowest BCUT2D eigenvalue weighted by Gasteiger charge is -2.13. The lowest BCUT2D eigenvalue weighted by atomic mass is 9.97. The summed E-state index contributed by atoms with van der Waals surface area (Å²) in [6.07, 6.45) is -2.43. The van der Waals surface area contributed by atoms with Gasteiger partial charge in [-0.05, 0) is 36.2 Å². The highest BCUT2D eigenvalue weighted by molar-refractivity contribution is 6.01. The summed E-state index contributed by atoms with van der Waals surface area (Å²) in [5.41, 5.74) is 1.80. The summed E-state index contributed by atoms with van der Waals surface area (Å²) < 4.78 is 39.9. The van der Waals surface area contributed by atoms with E-state index >= 15 is 0 Å². The maximum absolute atomic E-state index is 13.3. The van der Waals surface area contributed by atoms with Crippen molar-refractivity contribution in [3.63, 3.8) is 0 Å². The van der Waals surface area contributed by atoms with E-state index in [1.54, 1.807) is 25.4 Å². The Balaban J connectivity index is 2.23. The molecule has 0 bridgehead atoms. The summed E-state index contributed by atoms with van der Waals surface area (Å²) in [5.74, 6) is -0.0293. The summed E-state index contributed by atoms with van der Waals surface area (Å²) in [4.78, 5) is 23.9. The Kier molecular flexibility index (Phi) is 5.58. The summed E-state index contributed by atoms with van der Waals surface area (Å²) in [6.45, 7) is 1.85. The van der Waals surface area contributed by atoms with E-state index in [-0.39, 0.29) is 5.56 Å². The van der Waals surface area contributed by atoms with Crippen molar-refractivity contribution in [1.29, 1.82) is 0 Å². The molecule has 9 heteroatoms. The van der Waals surface area contributed by atoms with Gasteiger partial charge in [-0.2, -0.15) is 13.2 Å². The highest BCUT2D eigenvalue weighted by Crippen LogP contribution is 2.36. The molecule has 1 amide bonds. The first-order valence-electron chi connectivity index (χ1n) is 8.95. The van der Waals surface area contributed by atoms with Crippen LogP contribution in [0.3, 0.4) is 0 Å². The van der Waals surface area contributed by atoms with Crippen LogP contribution in [-0.2, 0) is 12.6 Å². The van der Waals surface area contributed by atoms with E-state index in [2.05, 4.69) is 25.6 Å². The van der Waals surface area contributed by atoms with E-state index in [0.29, 0.717) is 40.6 Å². The zero-order valence-electron chi connectivity index (χ0n) is 16.1. The van der Waals surface area contributed by atoms with Crippen LogP contribution in [0.5, 0.6) is 0 Å². The third-order valence-electron chi connectivity index (χ3n) is 4.53. The van der Waals surface area contributed by atoms with Gasteiger partial charge >= 0.3 is 6.18 Å². The van der Waals surface area contributed by atoms with Gasteiger partial charge in [0.1, 0.15) is 0 Å². The third kappa shape index (κ3) is 4.08. The zero-order chi connectivity index (χ0) is 21.2. The van der Waals surface area contributed by atoms with Crippen molar-refractivity contribution in [2.24, 2.45) is 0 Å². The van der Waals surface area contributed by atoms with Crippen molar-refractivity contribution < 1.29 is 18.0 Å². The monoisotopic (exact) mass is 403 g/mol. The van der Waals surface area contributed by atoms with Crippen LogP contribution < -0.4 is 10.6 Å². The Bertz CT molecular complexity index is 1040. The van der Waals surface area contributed by atoms with Crippen LogP contribution in [0.4, 0.5) is 19.1 Å². The highest BCUT2D eigenvalue weighted by atomic mass is 19.4. The van der Waals surface area contributed by atoms with Crippen LogP contribution in [0.15, 0.2) is 36.5 Å². The van der Waals surface area contributed by atoms with Gasteiger partial charge in [-0.1, -0.05) is 13.0 Å². The number of H-pyrrole nitrogens is 1. The summed E-state index contributed by atoms with van der Waals surface area (Å²) >= 11 is 0. The first-order valence-corrected chi connectivity index (χ1v) is 8.95. The number of hydrogen-bond donors (Lipinski definition) is 3. The van der Waals surface area contributed by atoms with E-state index in [1.807, 2.05) is 6.92 Å². The molecule has 3 rings (SSSR count). The second kappa shape index (κ2) is 7.94. The highest BCUT2D eigenvalue weighted by Gasteiger charge is 2.31.